The number of hydrogen-bond acceptors (Lipinski definition) is 3. The van der Waals surface area contributed by atoms with Crippen molar-refractivity contribution in [1.82, 2.24) is 5.32 Å². The van der Waals surface area contributed by atoms with Crippen LogP contribution in [0.5, 0.6) is 0 Å². The molecule has 0 aromatic carbocycles. The average Bonchev–Trinajstić information content (AvgIpc) is 2.21. The molecule has 0 spiro atoms. The van der Waals surface area contributed by atoms with E-state index >= 15 is 0 Å². The number of carboxylic acid groups (broad SMARTS) is 1. The minimum Gasteiger partial charge on any atom is -0.480 e. The highest BCUT2D eigenvalue weighted by atomic mass is 16.4. The second-order valence-corrected chi connectivity index (χ2v) is 4.84. The standard InChI is InChI=1S/C11H20N2O3/c1-7-3-5-11(6-4-7,10(15)16)13-8(2)9(12)14/h7-8,13H,3-6H2,1-2H3,(H2,12,14)(H,15,16). The van der Waals surface area contributed by atoms with E-state index in [-0.39, 0.29) is 0 Å². The van der Waals surface area contributed by atoms with E-state index in [1.165, 1.54) is 0 Å². The van der Waals surface area contributed by atoms with Gasteiger partial charge in [0.15, 0.2) is 0 Å². The first-order valence-corrected chi connectivity index (χ1v) is 5.68. The third-order valence-electron chi connectivity index (χ3n) is 3.46. The van der Waals surface area contributed by atoms with Gasteiger partial charge in [-0.15, -0.1) is 0 Å². The van der Waals surface area contributed by atoms with Gasteiger partial charge in [-0.1, -0.05) is 6.92 Å². The first kappa shape index (κ1) is 13.0. The number of hydrogen-bond donors (Lipinski definition) is 3. The van der Waals surface area contributed by atoms with Crippen molar-refractivity contribution in [1.29, 1.82) is 0 Å². The number of carboxylic acids is 1. The monoisotopic (exact) mass is 228 g/mol. The lowest BCUT2D eigenvalue weighted by Gasteiger charge is -2.38. The lowest BCUT2D eigenvalue weighted by molar-refractivity contribution is -0.147. The van der Waals surface area contributed by atoms with Gasteiger partial charge in [0.25, 0.3) is 0 Å². The Balaban J connectivity index is 2.74. The highest BCUT2D eigenvalue weighted by Gasteiger charge is 2.42. The van der Waals surface area contributed by atoms with Crippen molar-refractivity contribution < 1.29 is 14.7 Å². The number of nitrogens with one attached hydrogen (secondary N) is 1. The molecule has 0 saturated heterocycles. The maximum atomic E-state index is 11.3. The van der Waals surface area contributed by atoms with E-state index < -0.39 is 23.5 Å². The summed E-state index contributed by atoms with van der Waals surface area (Å²) in [6, 6.07) is -0.607. The van der Waals surface area contributed by atoms with Crippen LogP contribution in [-0.4, -0.2) is 28.6 Å². The zero-order valence-corrected chi connectivity index (χ0v) is 9.82. The molecule has 0 aromatic rings. The van der Waals surface area contributed by atoms with Gasteiger partial charge in [0.1, 0.15) is 5.54 Å². The number of rotatable bonds is 4. The molecule has 92 valence electrons. The lowest BCUT2D eigenvalue weighted by atomic mass is 9.76. The summed E-state index contributed by atoms with van der Waals surface area (Å²) in [5, 5.41) is 12.2. The maximum Gasteiger partial charge on any atom is 0.323 e. The van der Waals surface area contributed by atoms with Crippen LogP contribution >= 0.6 is 0 Å². The normalized spacial score (nSPS) is 32.0. The number of primary amides is 1. The lowest BCUT2D eigenvalue weighted by Crippen LogP contribution is -2.59. The van der Waals surface area contributed by atoms with Crippen molar-refractivity contribution in [3.63, 3.8) is 0 Å². The first-order valence-electron chi connectivity index (χ1n) is 5.68. The Hall–Kier alpha value is -1.10. The van der Waals surface area contributed by atoms with Crippen LogP contribution < -0.4 is 11.1 Å². The summed E-state index contributed by atoms with van der Waals surface area (Å²) < 4.78 is 0. The van der Waals surface area contributed by atoms with Crippen LogP contribution in [0.3, 0.4) is 0 Å². The molecule has 5 nitrogen and oxygen atoms in total. The molecule has 1 amide bonds. The highest BCUT2D eigenvalue weighted by Crippen LogP contribution is 2.32. The van der Waals surface area contributed by atoms with Crippen LogP contribution in [0, 0.1) is 5.92 Å². The Morgan fingerprint density at radius 2 is 1.94 bits per heavy atom. The number of aliphatic carboxylic acids is 1. The minimum atomic E-state index is -0.971. The van der Waals surface area contributed by atoms with Gasteiger partial charge in [-0.25, -0.2) is 0 Å². The summed E-state index contributed by atoms with van der Waals surface area (Å²) in [7, 11) is 0. The van der Waals surface area contributed by atoms with E-state index in [0.717, 1.165) is 12.8 Å². The summed E-state index contributed by atoms with van der Waals surface area (Å²) in [5.74, 6) is -0.843. The third kappa shape index (κ3) is 2.72. The first-order chi connectivity index (χ1) is 7.37. The Labute approximate surface area is 95.4 Å². The van der Waals surface area contributed by atoms with Gasteiger partial charge in [0, 0.05) is 0 Å². The SMILES string of the molecule is CC1CCC(NC(C)C(N)=O)(C(=O)O)CC1. The minimum absolute atomic E-state index is 0.515. The molecule has 1 unspecified atom stereocenters. The van der Waals surface area contributed by atoms with Crippen molar-refractivity contribution >= 4 is 11.9 Å². The Kier molecular flexibility index (Phi) is 3.91. The van der Waals surface area contributed by atoms with E-state index in [1.54, 1.807) is 6.92 Å². The van der Waals surface area contributed by atoms with Gasteiger partial charge in [-0.05, 0) is 38.5 Å². The molecular weight excluding hydrogens is 208 g/mol. The zero-order valence-electron chi connectivity index (χ0n) is 9.82. The summed E-state index contributed by atoms with van der Waals surface area (Å²) in [6.45, 7) is 3.72. The Bertz CT molecular complexity index is 283. The second kappa shape index (κ2) is 4.82. The van der Waals surface area contributed by atoms with Gasteiger partial charge >= 0.3 is 5.97 Å². The van der Waals surface area contributed by atoms with Crippen LogP contribution in [0.4, 0.5) is 0 Å². The fourth-order valence-corrected chi connectivity index (χ4v) is 2.16. The van der Waals surface area contributed by atoms with Crippen LogP contribution in [0.25, 0.3) is 0 Å². The molecule has 0 radical (unpaired) electrons. The van der Waals surface area contributed by atoms with Crippen molar-refractivity contribution in [2.45, 2.75) is 51.1 Å². The van der Waals surface area contributed by atoms with Gasteiger partial charge in [-0.3, -0.25) is 14.9 Å². The van der Waals surface area contributed by atoms with Crippen LogP contribution in [-0.2, 0) is 9.59 Å². The number of amides is 1. The molecule has 1 saturated carbocycles. The third-order valence-corrected chi connectivity index (χ3v) is 3.46. The van der Waals surface area contributed by atoms with Gasteiger partial charge in [-0.2, -0.15) is 0 Å². The van der Waals surface area contributed by atoms with Crippen molar-refractivity contribution in [2.24, 2.45) is 11.7 Å². The maximum absolute atomic E-state index is 11.3. The van der Waals surface area contributed by atoms with Gasteiger partial charge in [0.05, 0.1) is 6.04 Å². The van der Waals surface area contributed by atoms with Crippen molar-refractivity contribution in [3.05, 3.63) is 0 Å². The smallest absolute Gasteiger partial charge is 0.323 e. The summed E-state index contributed by atoms with van der Waals surface area (Å²) in [5.41, 5.74) is 4.17. The van der Waals surface area contributed by atoms with Crippen LogP contribution in [0.1, 0.15) is 39.5 Å². The van der Waals surface area contributed by atoms with Crippen molar-refractivity contribution in [2.75, 3.05) is 0 Å². The predicted molar refractivity (Wildman–Crippen MR) is 59.8 cm³/mol. The zero-order chi connectivity index (χ0) is 12.3. The summed E-state index contributed by atoms with van der Waals surface area (Å²) in [6.07, 6.45) is 2.85. The van der Waals surface area contributed by atoms with E-state index in [1.807, 2.05) is 0 Å². The number of carbonyl (C=O) groups is 2. The fourth-order valence-electron chi connectivity index (χ4n) is 2.16. The molecule has 1 rings (SSSR count). The number of carbonyl (C=O) groups excluding carboxylic acids is 1. The quantitative estimate of drug-likeness (QED) is 0.652. The molecule has 1 atom stereocenters. The molecule has 1 aliphatic carbocycles. The van der Waals surface area contributed by atoms with Gasteiger partial charge < -0.3 is 10.8 Å². The van der Waals surface area contributed by atoms with E-state index in [2.05, 4.69) is 12.2 Å². The highest BCUT2D eigenvalue weighted by molar-refractivity contribution is 5.83. The average molecular weight is 228 g/mol. The Morgan fingerprint density at radius 1 is 1.44 bits per heavy atom. The molecule has 16 heavy (non-hydrogen) atoms. The van der Waals surface area contributed by atoms with Crippen LogP contribution in [0.2, 0.25) is 0 Å². The van der Waals surface area contributed by atoms with Crippen molar-refractivity contribution in [3.8, 4) is 0 Å². The Morgan fingerprint density at radius 3 is 2.31 bits per heavy atom. The van der Waals surface area contributed by atoms with Crippen LogP contribution in [0.15, 0.2) is 0 Å². The molecule has 0 aliphatic heterocycles. The molecule has 0 heterocycles. The molecular formula is C11H20N2O3. The fraction of sp³-hybridized carbons (Fsp3) is 0.818. The predicted octanol–water partition coefficient (Wildman–Crippen LogP) is 0.483. The molecule has 1 aliphatic rings. The molecule has 1 fully saturated rings. The summed E-state index contributed by atoms with van der Waals surface area (Å²) in [4.78, 5) is 22.3. The van der Waals surface area contributed by atoms with Gasteiger partial charge in [0.2, 0.25) is 5.91 Å². The summed E-state index contributed by atoms with van der Waals surface area (Å²) >= 11 is 0. The second-order valence-electron chi connectivity index (χ2n) is 4.84. The van der Waals surface area contributed by atoms with E-state index in [9.17, 15) is 14.7 Å². The number of nitrogens with two attached hydrogens (primary N) is 1. The molecule has 0 aromatic heterocycles. The van der Waals surface area contributed by atoms with E-state index in [0.29, 0.717) is 18.8 Å². The molecule has 4 N–H and O–H groups in total. The largest absolute Gasteiger partial charge is 0.480 e. The topological polar surface area (TPSA) is 92.4 Å². The van der Waals surface area contributed by atoms with E-state index in [4.69, 9.17) is 5.73 Å². The molecule has 0 bridgehead atoms. The molecule has 5 heteroatoms.